The summed E-state index contributed by atoms with van der Waals surface area (Å²) in [7, 11) is 0. The summed E-state index contributed by atoms with van der Waals surface area (Å²) in [5.74, 6) is -0.952. The zero-order valence-electron chi connectivity index (χ0n) is 8.91. The molecule has 2 aromatic rings. The fourth-order valence-electron chi connectivity index (χ4n) is 1.42. The number of rotatable bonds is 2. The molecule has 4 nitrogen and oxygen atoms in total. The first-order chi connectivity index (χ1) is 7.63. The van der Waals surface area contributed by atoms with Crippen molar-refractivity contribution in [2.75, 3.05) is 6.61 Å². The van der Waals surface area contributed by atoms with E-state index in [-0.39, 0.29) is 18.2 Å². The summed E-state index contributed by atoms with van der Waals surface area (Å²) in [6, 6.07) is 2.75. The molecule has 0 amide bonds. The van der Waals surface area contributed by atoms with Crippen LogP contribution >= 0.6 is 0 Å². The number of hydrogen-bond donors (Lipinski definition) is 0. The lowest BCUT2D eigenvalue weighted by molar-refractivity contribution is 0.0483. The average Bonchev–Trinajstić information content (AvgIpc) is 2.62. The van der Waals surface area contributed by atoms with Crippen molar-refractivity contribution in [3.8, 4) is 0 Å². The molecule has 1 aromatic heterocycles. The van der Waals surface area contributed by atoms with Gasteiger partial charge in [0.15, 0.2) is 0 Å². The summed E-state index contributed by atoms with van der Waals surface area (Å²) in [6.45, 7) is 3.55. The second-order valence-electron chi connectivity index (χ2n) is 3.35. The van der Waals surface area contributed by atoms with Gasteiger partial charge in [0.2, 0.25) is 0 Å². The average molecular weight is 223 g/mol. The summed E-state index contributed by atoms with van der Waals surface area (Å²) < 4.78 is 22.9. The van der Waals surface area contributed by atoms with E-state index >= 15 is 0 Å². The number of nitrogens with zero attached hydrogens (tertiary/aromatic N) is 1. The third kappa shape index (κ3) is 1.64. The number of ether oxygens (including phenoxy) is 1. The van der Waals surface area contributed by atoms with Crippen molar-refractivity contribution in [3.63, 3.8) is 0 Å². The largest absolute Gasteiger partial charge is 0.460 e. The molecule has 0 bridgehead atoms. The Balaban J connectivity index is 2.56. The van der Waals surface area contributed by atoms with Crippen molar-refractivity contribution in [1.82, 2.24) is 5.16 Å². The van der Waals surface area contributed by atoms with E-state index in [1.807, 2.05) is 0 Å². The number of fused-ring (bicyclic) bond motifs is 1. The van der Waals surface area contributed by atoms with Gasteiger partial charge < -0.3 is 9.26 Å². The monoisotopic (exact) mass is 223 g/mol. The topological polar surface area (TPSA) is 52.3 Å². The van der Waals surface area contributed by atoms with Gasteiger partial charge in [0.05, 0.1) is 12.0 Å². The fraction of sp³-hybridized carbons (Fsp3) is 0.273. The summed E-state index contributed by atoms with van der Waals surface area (Å²) in [5, 5.41) is 4.08. The normalized spacial score (nSPS) is 10.7. The van der Waals surface area contributed by atoms with Crippen molar-refractivity contribution in [2.45, 2.75) is 13.8 Å². The molecule has 0 spiro atoms. The Kier molecular flexibility index (Phi) is 2.60. The number of benzene rings is 1. The van der Waals surface area contributed by atoms with E-state index in [0.29, 0.717) is 16.5 Å². The minimum Gasteiger partial charge on any atom is -0.460 e. The van der Waals surface area contributed by atoms with Crippen LogP contribution in [-0.2, 0) is 4.74 Å². The predicted octanol–water partition coefficient (Wildman–Crippen LogP) is 2.45. The highest BCUT2D eigenvalue weighted by molar-refractivity contribution is 6.00. The molecule has 0 radical (unpaired) electrons. The first kappa shape index (κ1) is 10.6. The molecule has 84 valence electrons. The van der Waals surface area contributed by atoms with Crippen LogP contribution in [0.3, 0.4) is 0 Å². The smallest absolute Gasteiger partial charge is 0.377 e. The third-order valence-electron chi connectivity index (χ3n) is 2.22. The summed E-state index contributed by atoms with van der Waals surface area (Å²) >= 11 is 0. The van der Waals surface area contributed by atoms with Gasteiger partial charge in [-0.2, -0.15) is 0 Å². The molecule has 5 heteroatoms. The molecule has 0 saturated carbocycles. The Labute approximate surface area is 91.0 Å². The van der Waals surface area contributed by atoms with Crippen LogP contribution in [0.15, 0.2) is 16.7 Å². The molecule has 1 aromatic carbocycles. The first-order valence-electron chi connectivity index (χ1n) is 4.86. The second kappa shape index (κ2) is 3.92. The number of esters is 1. The Hall–Kier alpha value is -1.91. The standard InChI is InChI=1S/C11H10FNO3/c1-3-15-11(14)10-7-4-6(2)8(12)5-9(7)13-16-10/h4-5H,3H2,1-2H3. The number of carbonyl (C=O) groups is 1. The minimum absolute atomic E-state index is 0.0138. The Morgan fingerprint density at radius 3 is 3.00 bits per heavy atom. The molecular weight excluding hydrogens is 213 g/mol. The minimum atomic E-state index is -0.587. The molecule has 0 unspecified atom stereocenters. The van der Waals surface area contributed by atoms with E-state index in [0.717, 1.165) is 0 Å². The number of aryl methyl sites for hydroxylation is 1. The van der Waals surface area contributed by atoms with Gasteiger partial charge in [0.1, 0.15) is 11.3 Å². The Bertz CT molecular complexity index is 547. The molecular formula is C11H10FNO3. The van der Waals surface area contributed by atoms with E-state index < -0.39 is 5.97 Å². The van der Waals surface area contributed by atoms with Crippen molar-refractivity contribution >= 4 is 16.9 Å². The van der Waals surface area contributed by atoms with Crippen molar-refractivity contribution in [3.05, 3.63) is 29.3 Å². The molecule has 16 heavy (non-hydrogen) atoms. The molecule has 0 saturated heterocycles. The molecule has 0 aliphatic carbocycles. The lowest BCUT2D eigenvalue weighted by Crippen LogP contribution is -2.03. The van der Waals surface area contributed by atoms with Gasteiger partial charge >= 0.3 is 5.97 Å². The Morgan fingerprint density at radius 1 is 1.56 bits per heavy atom. The maximum Gasteiger partial charge on any atom is 0.377 e. The summed E-state index contributed by atoms with van der Waals surface area (Å²) in [6.07, 6.45) is 0. The number of aromatic nitrogens is 1. The molecule has 0 fully saturated rings. The van der Waals surface area contributed by atoms with Crippen molar-refractivity contribution < 1.29 is 18.4 Å². The maximum absolute atomic E-state index is 13.2. The zero-order valence-corrected chi connectivity index (χ0v) is 8.91. The van der Waals surface area contributed by atoms with Crippen LogP contribution < -0.4 is 0 Å². The van der Waals surface area contributed by atoms with E-state index in [2.05, 4.69) is 5.16 Å². The van der Waals surface area contributed by atoms with Gasteiger partial charge in [-0.15, -0.1) is 0 Å². The highest BCUT2D eigenvalue weighted by Gasteiger charge is 2.18. The third-order valence-corrected chi connectivity index (χ3v) is 2.22. The van der Waals surface area contributed by atoms with Gasteiger partial charge in [-0.05, 0) is 25.5 Å². The predicted molar refractivity (Wildman–Crippen MR) is 54.7 cm³/mol. The van der Waals surface area contributed by atoms with Crippen LogP contribution in [0.4, 0.5) is 4.39 Å². The van der Waals surface area contributed by atoms with Crippen LogP contribution in [0.1, 0.15) is 23.0 Å². The molecule has 0 aliphatic heterocycles. The summed E-state index contributed by atoms with van der Waals surface area (Å²) in [4.78, 5) is 11.5. The second-order valence-corrected chi connectivity index (χ2v) is 3.35. The molecule has 0 aliphatic rings. The molecule has 2 rings (SSSR count). The molecule has 0 atom stereocenters. The lowest BCUT2D eigenvalue weighted by Gasteiger charge is -1.98. The van der Waals surface area contributed by atoms with E-state index in [1.54, 1.807) is 13.8 Å². The van der Waals surface area contributed by atoms with E-state index in [4.69, 9.17) is 9.26 Å². The van der Waals surface area contributed by atoms with Gasteiger partial charge in [-0.1, -0.05) is 5.16 Å². The number of carbonyl (C=O) groups excluding carboxylic acids is 1. The Morgan fingerprint density at radius 2 is 2.31 bits per heavy atom. The fourth-order valence-corrected chi connectivity index (χ4v) is 1.42. The lowest BCUT2D eigenvalue weighted by atomic mass is 10.1. The number of halogens is 1. The summed E-state index contributed by atoms with van der Waals surface area (Å²) in [5.41, 5.74) is 0.743. The van der Waals surface area contributed by atoms with Crippen LogP contribution in [0.5, 0.6) is 0 Å². The SMILES string of the molecule is CCOC(=O)c1onc2cc(F)c(C)cc12. The van der Waals surface area contributed by atoms with Crippen LogP contribution in [0.25, 0.3) is 10.9 Å². The van der Waals surface area contributed by atoms with Crippen molar-refractivity contribution in [2.24, 2.45) is 0 Å². The number of hydrogen-bond acceptors (Lipinski definition) is 4. The van der Waals surface area contributed by atoms with Crippen molar-refractivity contribution in [1.29, 1.82) is 0 Å². The van der Waals surface area contributed by atoms with E-state index in [1.165, 1.54) is 12.1 Å². The maximum atomic E-state index is 13.2. The van der Waals surface area contributed by atoms with Gasteiger partial charge in [0, 0.05) is 6.07 Å². The van der Waals surface area contributed by atoms with Crippen LogP contribution in [-0.4, -0.2) is 17.7 Å². The van der Waals surface area contributed by atoms with Crippen LogP contribution in [0.2, 0.25) is 0 Å². The molecule has 1 heterocycles. The van der Waals surface area contributed by atoms with Gasteiger partial charge in [-0.25, -0.2) is 9.18 Å². The highest BCUT2D eigenvalue weighted by Crippen LogP contribution is 2.22. The quantitative estimate of drug-likeness (QED) is 0.734. The zero-order chi connectivity index (χ0) is 11.7. The van der Waals surface area contributed by atoms with Crippen LogP contribution in [0, 0.1) is 12.7 Å². The van der Waals surface area contributed by atoms with E-state index in [9.17, 15) is 9.18 Å². The molecule has 0 N–H and O–H groups in total. The highest BCUT2D eigenvalue weighted by atomic mass is 19.1. The first-order valence-corrected chi connectivity index (χ1v) is 4.86. The van der Waals surface area contributed by atoms with Gasteiger partial charge in [0.25, 0.3) is 5.76 Å². The van der Waals surface area contributed by atoms with Gasteiger partial charge in [-0.3, -0.25) is 0 Å².